The molecule has 0 atom stereocenters. The molecule has 0 saturated carbocycles. The maximum absolute atomic E-state index is 10.4. The van der Waals surface area contributed by atoms with Crippen LogP contribution in [0.3, 0.4) is 0 Å². The van der Waals surface area contributed by atoms with Crippen molar-refractivity contribution >= 4 is 22.8 Å². The van der Waals surface area contributed by atoms with Crippen LogP contribution >= 0.6 is 11.6 Å². The average Bonchev–Trinajstić information content (AvgIpc) is 1.85. The zero-order chi connectivity index (χ0) is 6.15. The molecule has 2 radical (unpaired) electrons. The van der Waals surface area contributed by atoms with E-state index in [0.717, 1.165) is 0 Å². The van der Waals surface area contributed by atoms with Crippen LogP contribution < -0.4 is 0 Å². The highest BCUT2D eigenvalue weighted by atomic mass is 35.5. The molecule has 0 spiro atoms. The molecule has 1 heterocycles. The maximum atomic E-state index is 10.4. The number of nitrogens with zero attached hydrogens (tertiary/aromatic N) is 2. The molecule has 0 saturated heterocycles. The van der Waals surface area contributed by atoms with Gasteiger partial charge < -0.3 is 4.90 Å². The molecule has 0 N–H and O–H groups in total. The molecule has 0 aliphatic carbocycles. The van der Waals surface area contributed by atoms with Gasteiger partial charge in [0.25, 0.3) is 0 Å². The van der Waals surface area contributed by atoms with Crippen LogP contribution in [0.15, 0.2) is 4.99 Å². The lowest BCUT2D eigenvalue weighted by molar-refractivity contribution is 0.232. The Kier molecular flexibility index (Phi) is 1.21. The van der Waals surface area contributed by atoms with E-state index in [-0.39, 0.29) is 11.2 Å². The summed E-state index contributed by atoms with van der Waals surface area (Å²) in [4.78, 5) is 14.9. The molecule has 0 fully saturated rings. The van der Waals surface area contributed by atoms with Crippen molar-refractivity contribution in [2.45, 2.75) is 0 Å². The second-order valence-electron chi connectivity index (χ2n) is 1.36. The van der Waals surface area contributed by atoms with Crippen molar-refractivity contribution in [1.82, 2.24) is 4.90 Å². The number of aliphatic imine (C=N–C) groups is 1. The number of hydrogen-bond donors (Lipinski definition) is 0. The summed E-state index contributed by atoms with van der Waals surface area (Å²) in [6.45, 7) is 2.47. The third kappa shape index (κ3) is 0.816. The molecule has 4 heteroatoms. The van der Waals surface area contributed by atoms with E-state index in [1.54, 1.807) is 7.05 Å². The smallest absolute Gasteiger partial charge is 0.308 e. The summed E-state index contributed by atoms with van der Waals surface area (Å²) in [5.74, 6) is 0. The Morgan fingerprint density at radius 1 is 1.88 bits per heavy atom. The summed E-state index contributed by atoms with van der Waals surface area (Å²) < 4.78 is 0. The number of halogens is 1. The number of hydrogen-bond acceptors (Lipinski definition) is 1. The molecule has 0 unspecified atom stereocenters. The Morgan fingerprint density at radius 2 is 2.50 bits per heavy atom. The van der Waals surface area contributed by atoms with Crippen LogP contribution in [0.5, 0.6) is 0 Å². The van der Waals surface area contributed by atoms with Gasteiger partial charge in [0.05, 0.1) is 0 Å². The van der Waals surface area contributed by atoms with Crippen molar-refractivity contribution in [2.24, 2.45) is 4.99 Å². The number of amides is 2. The van der Waals surface area contributed by atoms with Gasteiger partial charge in [-0.1, -0.05) is 11.6 Å². The molecular weight excluding hydrogens is 128 g/mol. The Hall–Kier alpha value is -0.570. The minimum absolute atomic E-state index is 0.123. The zero-order valence-electron chi connectivity index (χ0n) is 4.18. The molecule has 0 aromatic rings. The molecule has 0 aromatic heterocycles. The van der Waals surface area contributed by atoms with Gasteiger partial charge in [-0.25, -0.2) is 4.79 Å². The van der Waals surface area contributed by atoms with Gasteiger partial charge in [0, 0.05) is 7.05 Å². The summed E-state index contributed by atoms with van der Waals surface area (Å²) >= 11 is 5.28. The quantitative estimate of drug-likeness (QED) is 0.476. The first-order valence-electron chi connectivity index (χ1n) is 1.98. The molecule has 42 valence electrons. The van der Waals surface area contributed by atoms with Gasteiger partial charge in [0.15, 0.2) is 6.54 Å². The van der Waals surface area contributed by atoms with E-state index >= 15 is 0 Å². The van der Waals surface area contributed by atoms with E-state index in [9.17, 15) is 4.79 Å². The molecule has 0 aromatic carbocycles. The fourth-order valence-corrected chi connectivity index (χ4v) is 0.569. The van der Waals surface area contributed by atoms with E-state index in [1.165, 1.54) is 4.90 Å². The third-order valence-corrected chi connectivity index (χ3v) is 0.910. The second-order valence-corrected chi connectivity index (χ2v) is 1.71. The molecule has 8 heavy (non-hydrogen) atoms. The van der Waals surface area contributed by atoms with Crippen LogP contribution in [0.2, 0.25) is 0 Å². The highest BCUT2D eigenvalue weighted by Gasteiger charge is 2.18. The minimum atomic E-state index is -0.366. The molecule has 1 rings (SSSR count). The fourth-order valence-electron chi connectivity index (χ4n) is 0.370. The zero-order valence-corrected chi connectivity index (χ0v) is 4.94. The van der Waals surface area contributed by atoms with Gasteiger partial charge in [0.2, 0.25) is 0 Å². The van der Waals surface area contributed by atoms with Crippen molar-refractivity contribution in [2.75, 3.05) is 7.05 Å². The summed E-state index contributed by atoms with van der Waals surface area (Å²) in [5, 5.41) is 0.123. The van der Waals surface area contributed by atoms with E-state index in [1.807, 2.05) is 0 Å². The van der Waals surface area contributed by atoms with E-state index in [2.05, 4.69) is 11.5 Å². The Balaban J connectivity index is 2.70. The molecule has 2 amide bonds. The second kappa shape index (κ2) is 1.74. The van der Waals surface area contributed by atoms with Crippen molar-refractivity contribution in [1.29, 1.82) is 0 Å². The topological polar surface area (TPSA) is 32.7 Å². The van der Waals surface area contributed by atoms with E-state index in [4.69, 9.17) is 11.6 Å². The Labute approximate surface area is 51.9 Å². The highest BCUT2D eigenvalue weighted by molar-refractivity contribution is 6.69. The van der Waals surface area contributed by atoms with Crippen LogP contribution in [0.1, 0.15) is 0 Å². The highest BCUT2D eigenvalue weighted by Crippen LogP contribution is 2.07. The van der Waals surface area contributed by atoms with Gasteiger partial charge in [0.1, 0.15) is 5.17 Å². The van der Waals surface area contributed by atoms with Crippen LogP contribution in [0.25, 0.3) is 0 Å². The third-order valence-electron chi connectivity index (χ3n) is 0.741. The normalized spacial score (nSPS) is 19.5. The lowest BCUT2D eigenvalue weighted by Crippen LogP contribution is -2.14. The van der Waals surface area contributed by atoms with Crippen molar-refractivity contribution in [3.63, 3.8) is 0 Å². The molecule has 0 bridgehead atoms. The van der Waals surface area contributed by atoms with Crippen molar-refractivity contribution in [3.8, 4) is 0 Å². The molecular formula is C4H3ClN2O. The summed E-state index contributed by atoms with van der Waals surface area (Å²) in [6, 6.07) is -0.366. The first kappa shape index (κ1) is 5.56. The van der Waals surface area contributed by atoms with Gasteiger partial charge in [-0.3, -0.25) is 0 Å². The molecule has 1 aliphatic rings. The maximum Gasteiger partial charge on any atom is 0.345 e. The monoisotopic (exact) mass is 130 g/mol. The lowest BCUT2D eigenvalue weighted by atomic mass is 10.7. The van der Waals surface area contributed by atoms with Crippen LogP contribution in [-0.4, -0.2) is 23.1 Å². The Bertz CT molecular complexity index is 154. The van der Waals surface area contributed by atoms with Crippen LogP contribution in [-0.2, 0) is 0 Å². The molecule has 1 aliphatic heterocycles. The largest absolute Gasteiger partial charge is 0.345 e. The molecule has 3 nitrogen and oxygen atoms in total. The van der Waals surface area contributed by atoms with Gasteiger partial charge in [-0.15, -0.1) is 0 Å². The van der Waals surface area contributed by atoms with Crippen LogP contribution in [0, 0.1) is 6.54 Å². The minimum Gasteiger partial charge on any atom is -0.308 e. The van der Waals surface area contributed by atoms with Gasteiger partial charge in [-0.2, -0.15) is 4.99 Å². The van der Waals surface area contributed by atoms with E-state index in [0.29, 0.717) is 0 Å². The van der Waals surface area contributed by atoms with Gasteiger partial charge >= 0.3 is 6.03 Å². The first-order chi connectivity index (χ1) is 3.70. The number of urea groups is 1. The van der Waals surface area contributed by atoms with Crippen molar-refractivity contribution in [3.05, 3.63) is 6.54 Å². The summed E-state index contributed by atoms with van der Waals surface area (Å²) in [6.07, 6.45) is 0. The van der Waals surface area contributed by atoms with Crippen LogP contribution in [0.4, 0.5) is 4.79 Å². The first-order valence-corrected chi connectivity index (χ1v) is 2.36. The van der Waals surface area contributed by atoms with Gasteiger partial charge in [-0.05, 0) is 0 Å². The Morgan fingerprint density at radius 3 is 2.62 bits per heavy atom. The predicted molar refractivity (Wildman–Crippen MR) is 29.7 cm³/mol. The number of rotatable bonds is 0. The van der Waals surface area contributed by atoms with E-state index < -0.39 is 0 Å². The average molecular weight is 131 g/mol. The number of carbonyl (C=O) groups is 1. The predicted octanol–water partition coefficient (Wildman–Crippen LogP) is 0.728. The summed E-state index contributed by atoms with van der Waals surface area (Å²) in [7, 11) is 1.54. The standard InChI is InChI=1S/C4H3ClN2O/c1-7-2-3(5)6-4(7)8/h1H3. The van der Waals surface area contributed by atoms with Crippen molar-refractivity contribution < 1.29 is 4.79 Å². The SMILES string of the molecule is CN1[C]C(Cl)=NC1=O. The number of carbonyl (C=O) groups excluding carboxylic acids is 1. The summed E-state index contributed by atoms with van der Waals surface area (Å²) in [5.41, 5.74) is 0. The lowest BCUT2D eigenvalue weighted by Gasteiger charge is -1.99. The fraction of sp³-hybridized carbons (Fsp3) is 0.250.